The van der Waals surface area contributed by atoms with Crippen LogP contribution in [0.4, 0.5) is 23.2 Å². The number of carbonyl (C=O) groups is 3. The highest BCUT2D eigenvalue weighted by Gasteiger charge is 2.48. The Hall–Kier alpha value is -3.64. The van der Waals surface area contributed by atoms with Gasteiger partial charge in [0.1, 0.15) is 29.8 Å². The van der Waals surface area contributed by atoms with E-state index in [4.69, 9.17) is 4.74 Å². The van der Waals surface area contributed by atoms with E-state index in [2.05, 4.69) is 15.7 Å². The zero-order chi connectivity index (χ0) is 31.6. The molecule has 0 spiro atoms. The van der Waals surface area contributed by atoms with Crippen molar-refractivity contribution in [1.82, 2.24) is 20.0 Å². The quantitative estimate of drug-likeness (QED) is 0.300. The van der Waals surface area contributed by atoms with Crippen LogP contribution in [0.15, 0.2) is 24.4 Å². The first-order chi connectivity index (χ1) is 20.2. The summed E-state index contributed by atoms with van der Waals surface area (Å²) in [7, 11) is 1.02. The predicted molar refractivity (Wildman–Crippen MR) is 151 cm³/mol. The highest BCUT2D eigenvalue weighted by Crippen LogP contribution is 2.51. The molecule has 0 radical (unpaired) electrons. The average Bonchev–Trinajstić information content (AvgIpc) is 3.87. The SMILES string of the molecule is CCOc1cc(NC(=O)C(NC(=O)c2ccnn2C(C)C)C(C2CC2)C2CC2)c(F)cc1C(C)C(=O)N(C)CC(F)(F)F. The summed E-state index contributed by atoms with van der Waals surface area (Å²) in [6.07, 6.45) is 0.690. The lowest BCUT2D eigenvalue weighted by Gasteiger charge is -2.28. The minimum absolute atomic E-state index is 0.0528. The van der Waals surface area contributed by atoms with Gasteiger partial charge >= 0.3 is 6.18 Å². The van der Waals surface area contributed by atoms with Crippen LogP contribution < -0.4 is 15.4 Å². The maximum Gasteiger partial charge on any atom is 0.406 e. The molecule has 2 atom stereocenters. The zero-order valence-electron chi connectivity index (χ0n) is 25.0. The molecule has 2 saturated carbocycles. The number of ether oxygens (including phenoxy) is 1. The Morgan fingerprint density at radius 1 is 1.12 bits per heavy atom. The fourth-order valence-electron chi connectivity index (χ4n) is 5.65. The molecule has 2 aliphatic rings. The number of carbonyl (C=O) groups excluding carboxylic acids is 3. The number of benzene rings is 1. The van der Waals surface area contributed by atoms with Gasteiger partial charge in [0.15, 0.2) is 0 Å². The minimum Gasteiger partial charge on any atom is -0.493 e. The number of anilines is 1. The van der Waals surface area contributed by atoms with Crippen molar-refractivity contribution >= 4 is 23.4 Å². The Morgan fingerprint density at radius 2 is 1.74 bits per heavy atom. The van der Waals surface area contributed by atoms with Gasteiger partial charge in [0, 0.05) is 30.9 Å². The van der Waals surface area contributed by atoms with Crippen LogP contribution in [0.2, 0.25) is 0 Å². The van der Waals surface area contributed by atoms with Crippen LogP contribution in [0.1, 0.15) is 81.4 Å². The number of alkyl halides is 3. The van der Waals surface area contributed by atoms with Crippen molar-refractivity contribution in [3.8, 4) is 5.75 Å². The molecular formula is C30H39F4N5O4. The maximum absolute atomic E-state index is 15.5. The van der Waals surface area contributed by atoms with Crippen LogP contribution in [0.25, 0.3) is 0 Å². The second kappa shape index (κ2) is 12.9. The fourth-order valence-corrected chi connectivity index (χ4v) is 5.65. The summed E-state index contributed by atoms with van der Waals surface area (Å²) < 4.78 is 61.3. The van der Waals surface area contributed by atoms with E-state index in [-0.39, 0.29) is 47.4 Å². The van der Waals surface area contributed by atoms with Gasteiger partial charge in [-0.1, -0.05) is 0 Å². The number of halogens is 4. The molecule has 0 aliphatic heterocycles. The standard InChI is InChI=1S/C30H39F4N5O4/c1-6-43-24-14-22(21(31)13-20(24)17(4)29(42)38(5)15-30(32,33)34)36-28(41)26(25(18-7-8-18)19-9-10-19)37-27(40)23-11-12-35-39(23)16(2)3/h11-14,16-19,25-26H,6-10,15H2,1-5H3,(H,36,41)(H,37,40). The molecule has 3 amide bonds. The summed E-state index contributed by atoms with van der Waals surface area (Å²) in [6, 6.07) is 2.79. The Morgan fingerprint density at radius 3 is 2.28 bits per heavy atom. The Bertz CT molecular complexity index is 1320. The van der Waals surface area contributed by atoms with Gasteiger partial charge < -0.3 is 20.3 Å². The first-order valence-corrected chi connectivity index (χ1v) is 14.6. The minimum atomic E-state index is -4.59. The van der Waals surface area contributed by atoms with Crippen molar-refractivity contribution in [2.45, 2.75) is 77.6 Å². The molecule has 2 aromatic rings. The van der Waals surface area contributed by atoms with Gasteiger partial charge in [0.05, 0.1) is 18.2 Å². The van der Waals surface area contributed by atoms with Crippen LogP contribution in [0.3, 0.4) is 0 Å². The number of aromatic nitrogens is 2. The van der Waals surface area contributed by atoms with Crippen molar-refractivity contribution in [1.29, 1.82) is 0 Å². The van der Waals surface area contributed by atoms with Crippen LogP contribution in [-0.2, 0) is 9.59 Å². The molecule has 43 heavy (non-hydrogen) atoms. The summed E-state index contributed by atoms with van der Waals surface area (Å²) in [5, 5.41) is 9.73. The van der Waals surface area contributed by atoms with E-state index in [0.29, 0.717) is 10.6 Å². The molecule has 236 valence electrons. The van der Waals surface area contributed by atoms with Crippen molar-refractivity contribution in [3.05, 3.63) is 41.5 Å². The van der Waals surface area contributed by atoms with Crippen LogP contribution in [-0.4, -0.2) is 64.8 Å². The van der Waals surface area contributed by atoms with Gasteiger partial charge in [-0.05, 0) is 83.3 Å². The molecule has 4 rings (SSSR count). The summed E-state index contributed by atoms with van der Waals surface area (Å²) in [4.78, 5) is 40.4. The summed E-state index contributed by atoms with van der Waals surface area (Å²) in [6.45, 7) is 5.47. The second-order valence-electron chi connectivity index (χ2n) is 11.8. The Labute approximate surface area is 248 Å². The monoisotopic (exact) mass is 609 g/mol. The van der Waals surface area contributed by atoms with Crippen LogP contribution in [0.5, 0.6) is 5.75 Å². The Balaban J connectivity index is 1.60. The summed E-state index contributed by atoms with van der Waals surface area (Å²) >= 11 is 0. The number of likely N-dealkylation sites (N-methyl/N-ethyl adjacent to an activating group) is 1. The van der Waals surface area contributed by atoms with Gasteiger partial charge in [-0.25, -0.2) is 4.39 Å². The highest BCUT2D eigenvalue weighted by molar-refractivity contribution is 6.01. The van der Waals surface area contributed by atoms with Gasteiger partial charge in [-0.3, -0.25) is 19.1 Å². The lowest BCUT2D eigenvalue weighted by atomic mass is 9.88. The molecule has 2 N–H and O–H groups in total. The topological polar surface area (TPSA) is 106 Å². The van der Waals surface area contributed by atoms with Crippen molar-refractivity contribution in [2.24, 2.45) is 17.8 Å². The number of amides is 3. The number of hydrogen-bond acceptors (Lipinski definition) is 5. The molecule has 2 aliphatic carbocycles. The molecule has 1 aromatic carbocycles. The average molecular weight is 610 g/mol. The number of rotatable bonds is 13. The molecular weight excluding hydrogens is 570 g/mol. The number of hydrogen-bond donors (Lipinski definition) is 2. The smallest absolute Gasteiger partial charge is 0.406 e. The molecule has 2 unspecified atom stereocenters. The maximum atomic E-state index is 15.5. The fraction of sp³-hybridized carbons (Fsp3) is 0.600. The van der Waals surface area contributed by atoms with Gasteiger partial charge in [-0.2, -0.15) is 18.3 Å². The molecule has 0 bridgehead atoms. The van der Waals surface area contributed by atoms with Gasteiger partial charge in [-0.15, -0.1) is 0 Å². The third-order valence-corrected chi connectivity index (χ3v) is 7.97. The molecule has 13 heteroatoms. The Kier molecular flexibility index (Phi) is 9.70. The van der Waals surface area contributed by atoms with E-state index in [0.717, 1.165) is 38.8 Å². The second-order valence-corrected chi connectivity index (χ2v) is 11.8. The lowest BCUT2D eigenvalue weighted by Crippen LogP contribution is -2.50. The van der Waals surface area contributed by atoms with Gasteiger partial charge in [0.2, 0.25) is 11.8 Å². The predicted octanol–water partition coefficient (Wildman–Crippen LogP) is 5.30. The normalized spacial score (nSPS) is 16.6. The molecule has 9 nitrogen and oxygen atoms in total. The van der Waals surface area contributed by atoms with E-state index >= 15 is 4.39 Å². The van der Waals surface area contributed by atoms with E-state index in [1.807, 2.05) is 13.8 Å². The van der Waals surface area contributed by atoms with E-state index < -0.39 is 48.2 Å². The van der Waals surface area contributed by atoms with Crippen molar-refractivity contribution in [2.75, 3.05) is 25.5 Å². The summed E-state index contributed by atoms with van der Waals surface area (Å²) in [5.74, 6) is -3.47. The van der Waals surface area contributed by atoms with Gasteiger partial charge in [0.25, 0.3) is 5.91 Å². The third-order valence-electron chi connectivity index (χ3n) is 7.97. The van der Waals surface area contributed by atoms with Crippen molar-refractivity contribution < 1.29 is 36.7 Å². The van der Waals surface area contributed by atoms with Crippen molar-refractivity contribution in [3.63, 3.8) is 0 Å². The summed E-state index contributed by atoms with van der Waals surface area (Å²) in [5.41, 5.74) is 0.135. The third kappa shape index (κ3) is 7.85. The zero-order valence-corrected chi connectivity index (χ0v) is 25.0. The molecule has 1 aromatic heterocycles. The number of nitrogens with one attached hydrogen (secondary N) is 2. The van der Waals surface area contributed by atoms with Crippen LogP contribution in [0, 0.1) is 23.6 Å². The first kappa shape index (κ1) is 32.3. The largest absolute Gasteiger partial charge is 0.493 e. The molecule has 0 saturated heterocycles. The van der Waals surface area contributed by atoms with Crippen LogP contribution >= 0.6 is 0 Å². The van der Waals surface area contributed by atoms with E-state index in [9.17, 15) is 27.6 Å². The lowest BCUT2D eigenvalue weighted by molar-refractivity contribution is -0.159. The number of nitrogens with zero attached hydrogens (tertiary/aromatic N) is 3. The molecule has 2 fully saturated rings. The highest BCUT2D eigenvalue weighted by atomic mass is 19.4. The van der Waals surface area contributed by atoms with E-state index in [1.165, 1.54) is 19.2 Å². The molecule has 1 heterocycles. The van der Waals surface area contributed by atoms with E-state index in [1.54, 1.807) is 17.7 Å². The first-order valence-electron chi connectivity index (χ1n) is 14.6.